The van der Waals surface area contributed by atoms with Gasteiger partial charge >= 0.3 is 5.97 Å². The molecule has 0 saturated carbocycles. The average Bonchev–Trinajstić information content (AvgIpc) is 2.71. The van der Waals surface area contributed by atoms with Gasteiger partial charge in [0.15, 0.2) is 5.17 Å². The van der Waals surface area contributed by atoms with E-state index >= 15 is 0 Å². The smallest absolute Gasteiger partial charge is 0.336 e. The van der Waals surface area contributed by atoms with E-state index in [2.05, 4.69) is 14.9 Å². The van der Waals surface area contributed by atoms with Gasteiger partial charge in [0.05, 0.1) is 25.4 Å². The van der Waals surface area contributed by atoms with E-state index in [1.165, 1.54) is 11.8 Å². The molecule has 0 aromatic carbocycles. The summed E-state index contributed by atoms with van der Waals surface area (Å²) in [5.74, 6) is 0.540. The summed E-state index contributed by atoms with van der Waals surface area (Å²) in [4.78, 5) is 22.8. The van der Waals surface area contributed by atoms with Gasteiger partial charge in [0.1, 0.15) is 5.84 Å². The van der Waals surface area contributed by atoms with Gasteiger partial charge in [-0.3, -0.25) is 0 Å². The van der Waals surface area contributed by atoms with Crippen LogP contribution >= 0.6 is 11.8 Å². The number of aliphatic imine (C=N–C) groups is 2. The Bertz CT molecular complexity index is 454. The van der Waals surface area contributed by atoms with Gasteiger partial charge in [-0.2, -0.15) is 0 Å². The molecule has 110 valence electrons. The van der Waals surface area contributed by atoms with Crippen molar-refractivity contribution in [3.8, 4) is 0 Å². The molecular formula is C13H19N3O3S. The van der Waals surface area contributed by atoms with Crippen LogP contribution in [0.1, 0.15) is 13.3 Å². The standard InChI is InChI=1S/C13H19N3O3S/c1-3-19-12(17)10-8-11(15-13(20-2)14-9-10)16-4-6-18-7-5-16/h9H,3-8H2,1-2H3. The van der Waals surface area contributed by atoms with Gasteiger partial charge in [-0.25, -0.2) is 14.8 Å². The van der Waals surface area contributed by atoms with Gasteiger partial charge in [0.25, 0.3) is 0 Å². The Morgan fingerprint density at radius 2 is 2.25 bits per heavy atom. The maximum absolute atomic E-state index is 11.9. The first-order valence-corrected chi connectivity index (χ1v) is 7.85. The third-order valence-electron chi connectivity index (χ3n) is 3.00. The Hall–Kier alpha value is -1.34. The highest BCUT2D eigenvalue weighted by Crippen LogP contribution is 2.17. The summed E-state index contributed by atoms with van der Waals surface area (Å²) in [5, 5.41) is 0.658. The Morgan fingerprint density at radius 3 is 2.90 bits per heavy atom. The summed E-state index contributed by atoms with van der Waals surface area (Å²) in [6, 6.07) is 0. The highest BCUT2D eigenvalue weighted by atomic mass is 32.2. The lowest BCUT2D eigenvalue weighted by atomic mass is 10.1. The minimum Gasteiger partial charge on any atom is -0.463 e. The molecule has 0 aromatic heterocycles. The van der Waals surface area contributed by atoms with E-state index in [9.17, 15) is 4.79 Å². The van der Waals surface area contributed by atoms with Crippen molar-refractivity contribution in [3.05, 3.63) is 11.8 Å². The second kappa shape index (κ2) is 7.44. The maximum Gasteiger partial charge on any atom is 0.336 e. The SMILES string of the molecule is CCOC(=O)C1=CN=C(SC)N=C(N2CCOCC2)C1. The number of rotatable bonds is 2. The first kappa shape index (κ1) is 15.1. The number of carbonyl (C=O) groups is 1. The molecule has 2 rings (SSSR count). The van der Waals surface area contributed by atoms with Gasteiger partial charge in [-0.1, -0.05) is 11.8 Å². The van der Waals surface area contributed by atoms with Gasteiger partial charge in [0.2, 0.25) is 0 Å². The molecule has 0 bridgehead atoms. The second-order valence-corrected chi connectivity index (χ2v) is 5.07. The molecule has 0 N–H and O–H groups in total. The fourth-order valence-corrected chi connectivity index (χ4v) is 2.33. The molecule has 1 saturated heterocycles. The lowest BCUT2D eigenvalue weighted by Gasteiger charge is -2.29. The summed E-state index contributed by atoms with van der Waals surface area (Å²) in [7, 11) is 0. The number of hydrogen-bond donors (Lipinski definition) is 0. The number of hydrogen-bond acceptors (Lipinski definition) is 7. The third kappa shape index (κ3) is 3.83. The molecule has 0 unspecified atom stereocenters. The Morgan fingerprint density at radius 1 is 1.50 bits per heavy atom. The van der Waals surface area contributed by atoms with Crippen molar-refractivity contribution in [1.29, 1.82) is 0 Å². The summed E-state index contributed by atoms with van der Waals surface area (Å²) in [5.41, 5.74) is 0.543. The monoisotopic (exact) mass is 297 g/mol. The lowest BCUT2D eigenvalue weighted by molar-refractivity contribution is -0.138. The highest BCUT2D eigenvalue weighted by molar-refractivity contribution is 8.13. The zero-order valence-electron chi connectivity index (χ0n) is 11.8. The molecule has 0 aromatic rings. The molecule has 2 aliphatic rings. The number of morpholine rings is 1. The lowest BCUT2D eigenvalue weighted by Crippen LogP contribution is -2.41. The molecule has 7 heteroatoms. The minimum atomic E-state index is -0.320. The van der Waals surface area contributed by atoms with E-state index in [0.29, 0.717) is 37.0 Å². The second-order valence-electron chi connectivity index (χ2n) is 4.29. The van der Waals surface area contributed by atoms with Crippen LogP contribution in [0.25, 0.3) is 0 Å². The van der Waals surface area contributed by atoms with E-state index in [4.69, 9.17) is 9.47 Å². The van der Waals surface area contributed by atoms with Crippen molar-refractivity contribution in [2.45, 2.75) is 13.3 Å². The van der Waals surface area contributed by atoms with Crippen LogP contribution in [0.15, 0.2) is 21.8 Å². The number of esters is 1. The van der Waals surface area contributed by atoms with Crippen molar-refractivity contribution in [1.82, 2.24) is 4.90 Å². The van der Waals surface area contributed by atoms with Crippen LogP contribution in [0.2, 0.25) is 0 Å². The summed E-state index contributed by atoms with van der Waals surface area (Å²) < 4.78 is 10.4. The van der Waals surface area contributed by atoms with Crippen LogP contribution in [-0.2, 0) is 14.3 Å². The van der Waals surface area contributed by atoms with Crippen LogP contribution in [0.4, 0.5) is 0 Å². The van der Waals surface area contributed by atoms with Crippen LogP contribution in [0.3, 0.4) is 0 Å². The van der Waals surface area contributed by atoms with Crippen LogP contribution in [0.5, 0.6) is 0 Å². The Balaban J connectivity index is 2.18. The van der Waals surface area contributed by atoms with Gasteiger partial charge in [0, 0.05) is 25.7 Å². The van der Waals surface area contributed by atoms with E-state index in [0.717, 1.165) is 18.9 Å². The van der Waals surface area contributed by atoms with Crippen molar-refractivity contribution >= 4 is 28.7 Å². The van der Waals surface area contributed by atoms with Crippen molar-refractivity contribution in [2.24, 2.45) is 9.98 Å². The average molecular weight is 297 g/mol. The third-order valence-corrected chi connectivity index (χ3v) is 3.56. The van der Waals surface area contributed by atoms with E-state index in [1.54, 1.807) is 13.1 Å². The van der Waals surface area contributed by atoms with Crippen LogP contribution in [0, 0.1) is 0 Å². The summed E-state index contributed by atoms with van der Waals surface area (Å²) in [6.45, 7) is 5.10. The summed E-state index contributed by atoms with van der Waals surface area (Å²) >= 11 is 1.46. The number of amidine groups is 2. The molecule has 0 amide bonds. The summed E-state index contributed by atoms with van der Waals surface area (Å²) in [6.07, 6.45) is 3.94. The zero-order valence-corrected chi connectivity index (χ0v) is 12.6. The molecule has 0 aliphatic carbocycles. The quantitative estimate of drug-likeness (QED) is 0.719. The molecule has 0 atom stereocenters. The number of nitrogens with zero attached hydrogens (tertiary/aromatic N) is 3. The normalized spacial score (nSPS) is 19.7. The minimum absolute atomic E-state index is 0.320. The molecule has 0 spiro atoms. The predicted molar refractivity (Wildman–Crippen MR) is 80.1 cm³/mol. The van der Waals surface area contributed by atoms with E-state index in [1.807, 2.05) is 6.26 Å². The fourth-order valence-electron chi connectivity index (χ4n) is 1.98. The topological polar surface area (TPSA) is 63.5 Å². The van der Waals surface area contributed by atoms with Crippen LogP contribution in [-0.4, -0.2) is 61.0 Å². The largest absolute Gasteiger partial charge is 0.463 e. The van der Waals surface area contributed by atoms with Crippen molar-refractivity contribution in [2.75, 3.05) is 39.2 Å². The first-order valence-electron chi connectivity index (χ1n) is 6.62. The Kier molecular flexibility index (Phi) is 5.60. The van der Waals surface area contributed by atoms with E-state index in [-0.39, 0.29) is 5.97 Å². The van der Waals surface area contributed by atoms with Gasteiger partial charge in [-0.15, -0.1) is 0 Å². The molecule has 2 aliphatic heterocycles. The fraction of sp³-hybridized carbons (Fsp3) is 0.615. The Labute approximate surface area is 122 Å². The molecular weight excluding hydrogens is 278 g/mol. The number of carbonyl (C=O) groups excluding carboxylic acids is 1. The molecule has 6 nitrogen and oxygen atoms in total. The number of ether oxygens (including phenoxy) is 2. The molecule has 0 radical (unpaired) electrons. The molecule has 2 heterocycles. The molecule has 1 fully saturated rings. The van der Waals surface area contributed by atoms with E-state index < -0.39 is 0 Å². The van der Waals surface area contributed by atoms with Crippen LogP contribution < -0.4 is 0 Å². The van der Waals surface area contributed by atoms with Crippen molar-refractivity contribution < 1.29 is 14.3 Å². The van der Waals surface area contributed by atoms with Gasteiger partial charge in [-0.05, 0) is 13.2 Å². The predicted octanol–water partition coefficient (Wildman–Crippen LogP) is 1.29. The van der Waals surface area contributed by atoms with Gasteiger partial charge < -0.3 is 14.4 Å². The maximum atomic E-state index is 11.9. The van der Waals surface area contributed by atoms with Crippen molar-refractivity contribution in [3.63, 3.8) is 0 Å². The molecule has 20 heavy (non-hydrogen) atoms. The first-order chi connectivity index (χ1) is 9.74. The highest BCUT2D eigenvalue weighted by Gasteiger charge is 2.22. The zero-order chi connectivity index (χ0) is 14.4. The number of thioether (sulfide) groups is 1.